The number of likely N-dealkylation sites (N-methyl/N-ethyl adjacent to an activating group) is 1. The highest BCUT2D eigenvalue weighted by molar-refractivity contribution is 5.75. The van der Waals surface area contributed by atoms with Crippen LogP contribution < -0.4 is 0 Å². The molecule has 2 aromatic rings. The number of nitrogens with zero attached hydrogens (tertiary/aromatic N) is 3. The van der Waals surface area contributed by atoms with Crippen molar-refractivity contribution in [3.63, 3.8) is 0 Å². The van der Waals surface area contributed by atoms with Gasteiger partial charge in [-0.1, -0.05) is 12.1 Å². The maximum atomic E-state index is 9.81. The van der Waals surface area contributed by atoms with E-state index in [2.05, 4.69) is 20.5 Å². The standard InChI is InChI=1S/C14H21N3O/c1-14(2,18)10-16(3)9-13-15-11-7-5-6-8-12(11)17(13)4/h5-8,18H,9-10H2,1-4H3. The van der Waals surface area contributed by atoms with Gasteiger partial charge in [0.1, 0.15) is 5.82 Å². The summed E-state index contributed by atoms with van der Waals surface area (Å²) in [6.07, 6.45) is 0. The first kappa shape index (κ1) is 13.1. The van der Waals surface area contributed by atoms with Crippen LogP contribution in [0.3, 0.4) is 0 Å². The Morgan fingerprint density at radius 3 is 2.61 bits per heavy atom. The van der Waals surface area contributed by atoms with E-state index in [9.17, 15) is 5.11 Å². The number of fused-ring (bicyclic) bond motifs is 1. The maximum Gasteiger partial charge on any atom is 0.123 e. The van der Waals surface area contributed by atoms with Gasteiger partial charge in [0.2, 0.25) is 0 Å². The van der Waals surface area contributed by atoms with Gasteiger partial charge in [0.25, 0.3) is 0 Å². The molecule has 1 aromatic heterocycles. The van der Waals surface area contributed by atoms with Gasteiger partial charge in [-0.3, -0.25) is 4.90 Å². The number of aliphatic hydroxyl groups is 1. The second kappa shape index (κ2) is 4.71. The highest BCUT2D eigenvalue weighted by Gasteiger charge is 2.17. The van der Waals surface area contributed by atoms with E-state index < -0.39 is 5.60 Å². The van der Waals surface area contributed by atoms with E-state index in [1.165, 1.54) is 0 Å². The van der Waals surface area contributed by atoms with Crippen molar-refractivity contribution in [2.24, 2.45) is 7.05 Å². The summed E-state index contributed by atoms with van der Waals surface area (Å²) in [7, 11) is 4.03. The average Bonchev–Trinajstić information content (AvgIpc) is 2.54. The van der Waals surface area contributed by atoms with Crippen LogP contribution in [0.25, 0.3) is 11.0 Å². The van der Waals surface area contributed by atoms with Gasteiger partial charge in [-0.15, -0.1) is 0 Å². The minimum atomic E-state index is -0.681. The lowest BCUT2D eigenvalue weighted by molar-refractivity contribution is 0.0416. The number of aryl methyl sites for hydroxylation is 1. The molecule has 0 aliphatic carbocycles. The van der Waals surface area contributed by atoms with Gasteiger partial charge in [-0.2, -0.15) is 0 Å². The van der Waals surface area contributed by atoms with Crippen LogP contribution in [0, 0.1) is 0 Å². The molecule has 18 heavy (non-hydrogen) atoms. The number of hydrogen-bond acceptors (Lipinski definition) is 3. The second-order valence-corrected chi connectivity index (χ2v) is 5.56. The normalized spacial score (nSPS) is 12.6. The molecule has 0 spiro atoms. The summed E-state index contributed by atoms with van der Waals surface area (Å²) in [6.45, 7) is 4.99. The largest absolute Gasteiger partial charge is 0.389 e. The summed E-state index contributed by atoms with van der Waals surface area (Å²) < 4.78 is 2.11. The molecule has 1 heterocycles. The fraction of sp³-hybridized carbons (Fsp3) is 0.500. The molecule has 0 fully saturated rings. The summed E-state index contributed by atoms with van der Waals surface area (Å²) in [4.78, 5) is 6.71. The maximum absolute atomic E-state index is 9.81. The number of rotatable bonds is 4. The van der Waals surface area contributed by atoms with Gasteiger partial charge in [-0.05, 0) is 33.0 Å². The third-order valence-corrected chi connectivity index (χ3v) is 2.95. The topological polar surface area (TPSA) is 41.3 Å². The van der Waals surface area contributed by atoms with Crippen molar-refractivity contribution >= 4 is 11.0 Å². The van der Waals surface area contributed by atoms with Crippen molar-refractivity contribution in [2.75, 3.05) is 13.6 Å². The molecule has 0 saturated carbocycles. The summed E-state index contributed by atoms with van der Waals surface area (Å²) >= 11 is 0. The minimum absolute atomic E-state index is 0.621. The zero-order valence-electron chi connectivity index (χ0n) is 11.5. The molecule has 0 radical (unpaired) electrons. The third-order valence-electron chi connectivity index (χ3n) is 2.95. The Bertz CT molecular complexity index is 539. The predicted molar refractivity (Wildman–Crippen MR) is 73.3 cm³/mol. The van der Waals surface area contributed by atoms with E-state index in [0.29, 0.717) is 6.54 Å². The molecular formula is C14H21N3O. The van der Waals surface area contributed by atoms with Crippen molar-refractivity contribution in [3.05, 3.63) is 30.1 Å². The van der Waals surface area contributed by atoms with E-state index in [4.69, 9.17) is 0 Å². The van der Waals surface area contributed by atoms with Gasteiger partial charge in [-0.25, -0.2) is 4.98 Å². The van der Waals surface area contributed by atoms with Gasteiger partial charge < -0.3 is 9.67 Å². The van der Waals surface area contributed by atoms with Crippen molar-refractivity contribution in [3.8, 4) is 0 Å². The molecular weight excluding hydrogens is 226 g/mol. The quantitative estimate of drug-likeness (QED) is 0.895. The molecule has 4 heteroatoms. The number of benzene rings is 1. The van der Waals surface area contributed by atoms with Crippen molar-refractivity contribution < 1.29 is 5.11 Å². The van der Waals surface area contributed by atoms with Crippen LogP contribution in [-0.2, 0) is 13.6 Å². The Morgan fingerprint density at radius 1 is 1.33 bits per heavy atom. The molecule has 0 unspecified atom stereocenters. The van der Waals surface area contributed by atoms with Crippen molar-refractivity contribution in [2.45, 2.75) is 26.0 Å². The molecule has 0 amide bonds. The van der Waals surface area contributed by atoms with E-state index >= 15 is 0 Å². The molecule has 1 N–H and O–H groups in total. The Morgan fingerprint density at radius 2 is 2.00 bits per heavy atom. The molecule has 0 atom stereocenters. The second-order valence-electron chi connectivity index (χ2n) is 5.56. The average molecular weight is 247 g/mol. The Kier molecular flexibility index (Phi) is 3.41. The molecule has 0 bridgehead atoms. The van der Waals surface area contributed by atoms with E-state index in [1.807, 2.05) is 46.1 Å². The number of aromatic nitrogens is 2. The van der Waals surface area contributed by atoms with Crippen LogP contribution in [0.5, 0.6) is 0 Å². The third kappa shape index (κ3) is 2.89. The summed E-state index contributed by atoms with van der Waals surface area (Å²) in [5, 5.41) is 9.81. The van der Waals surface area contributed by atoms with Crippen LogP contribution in [0.4, 0.5) is 0 Å². The highest BCUT2D eigenvalue weighted by atomic mass is 16.3. The molecule has 1 aromatic carbocycles. The van der Waals surface area contributed by atoms with E-state index in [0.717, 1.165) is 23.4 Å². The smallest absolute Gasteiger partial charge is 0.123 e. The minimum Gasteiger partial charge on any atom is -0.389 e. The van der Waals surface area contributed by atoms with Crippen LogP contribution in [-0.4, -0.2) is 38.8 Å². The molecule has 2 rings (SSSR count). The molecule has 98 valence electrons. The van der Waals surface area contributed by atoms with Crippen LogP contribution in [0.2, 0.25) is 0 Å². The first-order chi connectivity index (χ1) is 8.37. The number of hydrogen-bond donors (Lipinski definition) is 1. The Hall–Kier alpha value is -1.39. The van der Waals surface area contributed by atoms with Gasteiger partial charge in [0, 0.05) is 13.6 Å². The lowest BCUT2D eigenvalue weighted by atomic mass is 10.1. The molecule has 0 aliphatic heterocycles. The first-order valence-electron chi connectivity index (χ1n) is 6.18. The zero-order chi connectivity index (χ0) is 13.3. The molecule has 0 aliphatic rings. The van der Waals surface area contributed by atoms with Gasteiger partial charge >= 0.3 is 0 Å². The van der Waals surface area contributed by atoms with E-state index in [-0.39, 0.29) is 0 Å². The monoisotopic (exact) mass is 247 g/mol. The zero-order valence-corrected chi connectivity index (χ0v) is 11.5. The van der Waals surface area contributed by atoms with Crippen LogP contribution in [0.1, 0.15) is 19.7 Å². The Balaban J connectivity index is 2.19. The van der Waals surface area contributed by atoms with Crippen molar-refractivity contribution in [1.29, 1.82) is 0 Å². The number of imidazole rings is 1. The lowest BCUT2D eigenvalue weighted by Gasteiger charge is -2.25. The van der Waals surface area contributed by atoms with Crippen LogP contribution in [0.15, 0.2) is 24.3 Å². The predicted octanol–water partition coefficient (Wildman–Crippen LogP) is 1.78. The molecule has 0 saturated heterocycles. The lowest BCUT2D eigenvalue weighted by Crippen LogP contribution is -2.36. The summed E-state index contributed by atoms with van der Waals surface area (Å²) in [6, 6.07) is 8.12. The van der Waals surface area contributed by atoms with Crippen LogP contribution >= 0.6 is 0 Å². The van der Waals surface area contributed by atoms with Gasteiger partial charge in [0.15, 0.2) is 0 Å². The number of para-hydroxylation sites is 2. The van der Waals surface area contributed by atoms with Crippen molar-refractivity contribution in [1.82, 2.24) is 14.5 Å². The fourth-order valence-electron chi connectivity index (χ4n) is 2.29. The van der Waals surface area contributed by atoms with Gasteiger partial charge in [0.05, 0.1) is 23.2 Å². The summed E-state index contributed by atoms with van der Waals surface area (Å²) in [5.41, 5.74) is 1.48. The molecule has 4 nitrogen and oxygen atoms in total. The van der Waals surface area contributed by atoms with E-state index in [1.54, 1.807) is 0 Å². The fourth-order valence-corrected chi connectivity index (χ4v) is 2.29. The SMILES string of the molecule is CN(Cc1nc2ccccc2n1C)CC(C)(C)O. The Labute approximate surface area is 108 Å². The first-order valence-corrected chi connectivity index (χ1v) is 6.18. The highest BCUT2D eigenvalue weighted by Crippen LogP contribution is 2.15. The summed E-state index contributed by atoms with van der Waals surface area (Å²) in [5.74, 6) is 1.02.